The lowest BCUT2D eigenvalue weighted by atomic mass is 10.1. The summed E-state index contributed by atoms with van der Waals surface area (Å²) in [7, 11) is 0. The molecule has 76 valence electrons. The smallest absolute Gasteiger partial charge is 0.270 e. The fraction of sp³-hybridized carbons (Fsp3) is 0.250. The lowest BCUT2D eigenvalue weighted by Gasteiger charge is -2.06. The Kier molecular flexibility index (Phi) is 3.86. The van der Waals surface area contributed by atoms with Crippen molar-refractivity contribution in [1.82, 2.24) is 0 Å². The van der Waals surface area contributed by atoms with Gasteiger partial charge in [-0.25, -0.2) is 0 Å². The van der Waals surface area contributed by atoms with Crippen molar-refractivity contribution < 1.29 is 10.0 Å². The number of halogens is 2. The van der Waals surface area contributed by atoms with Crippen molar-refractivity contribution in [3.8, 4) is 0 Å². The Bertz CT molecular complexity index is 358. The number of benzene rings is 1. The number of non-ortho nitro benzene ring substituents is 1. The van der Waals surface area contributed by atoms with Crippen molar-refractivity contribution in [1.29, 1.82) is 0 Å². The van der Waals surface area contributed by atoms with E-state index in [4.69, 9.17) is 11.6 Å². The van der Waals surface area contributed by atoms with Crippen molar-refractivity contribution >= 4 is 33.2 Å². The van der Waals surface area contributed by atoms with Crippen LogP contribution in [0.5, 0.6) is 0 Å². The van der Waals surface area contributed by atoms with Gasteiger partial charge < -0.3 is 5.11 Å². The quantitative estimate of drug-likeness (QED) is 0.526. The van der Waals surface area contributed by atoms with Crippen LogP contribution in [0.2, 0.25) is 0 Å². The highest BCUT2D eigenvalue weighted by molar-refractivity contribution is 9.10. The lowest BCUT2D eigenvalue weighted by molar-refractivity contribution is -0.385. The fourth-order valence-electron chi connectivity index (χ4n) is 0.983. The number of nitro groups is 1. The average Bonchev–Trinajstić information content (AvgIpc) is 2.15. The molecule has 1 unspecified atom stereocenters. The van der Waals surface area contributed by atoms with Crippen LogP contribution >= 0.6 is 27.5 Å². The van der Waals surface area contributed by atoms with Crippen LogP contribution < -0.4 is 0 Å². The van der Waals surface area contributed by atoms with Crippen molar-refractivity contribution in [2.24, 2.45) is 0 Å². The van der Waals surface area contributed by atoms with Crippen LogP contribution in [0.15, 0.2) is 22.7 Å². The number of hydrogen-bond acceptors (Lipinski definition) is 3. The van der Waals surface area contributed by atoms with Gasteiger partial charge in [-0.1, -0.05) is 15.9 Å². The van der Waals surface area contributed by atoms with Gasteiger partial charge in [0.15, 0.2) is 0 Å². The molecule has 0 spiro atoms. The Morgan fingerprint density at radius 2 is 2.21 bits per heavy atom. The van der Waals surface area contributed by atoms with Crippen LogP contribution in [0.1, 0.15) is 11.7 Å². The second kappa shape index (κ2) is 4.72. The summed E-state index contributed by atoms with van der Waals surface area (Å²) in [6.07, 6.45) is -0.882. The predicted octanol–water partition coefficient (Wildman–Crippen LogP) is 2.63. The molecule has 14 heavy (non-hydrogen) atoms. The minimum absolute atomic E-state index is 0.00755. The maximum atomic E-state index is 10.5. The molecule has 0 heterocycles. The number of rotatable bonds is 3. The highest BCUT2D eigenvalue weighted by atomic mass is 79.9. The van der Waals surface area contributed by atoms with Crippen LogP contribution in [-0.2, 0) is 0 Å². The molecule has 1 atom stereocenters. The van der Waals surface area contributed by atoms with Crippen LogP contribution in [0.25, 0.3) is 0 Å². The molecule has 0 aromatic heterocycles. The largest absolute Gasteiger partial charge is 0.387 e. The fourth-order valence-corrected chi connectivity index (χ4v) is 1.66. The first-order valence-electron chi connectivity index (χ1n) is 3.73. The molecule has 0 saturated heterocycles. The van der Waals surface area contributed by atoms with Gasteiger partial charge in [-0.05, 0) is 11.6 Å². The van der Waals surface area contributed by atoms with E-state index in [0.29, 0.717) is 10.0 Å². The van der Waals surface area contributed by atoms with E-state index >= 15 is 0 Å². The van der Waals surface area contributed by atoms with E-state index < -0.39 is 11.0 Å². The van der Waals surface area contributed by atoms with Crippen molar-refractivity contribution in [3.05, 3.63) is 38.3 Å². The molecule has 0 bridgehead atoms. The third-order valence-electron chi connectivity index (χ3n) is 1.65. The minimum Gasteiger partial charge on any atom is -0.387 e. The number of nitrogens with zero attached hydrogens (tertiary/aromatic N) is 1. The van der Waals surface area contributed by atoms with Crippen molar-refractivity contribution in [2.45, 2.75) is 6.10 Å². The standard InChI is InChI=1S/C8H7BrClNO3/c9-6-1-5(8(12)4-10)2-7(3-6)11(13)14/h1-3,8,12H,4H2. The lowest BCUT2D eigenvalue weighted by Crippen LogP contribution is -2.00. The summed E-state index contributed by atoms with van der Waals surface area (Å²) in [6, 6.07) is 4.27. The summed E-state index contributed by atoms with van der Waals surface area (Å²) in [5, 5.41) is 19.9. The monoisotopic (exact) mass is 279 g/mol. The molecular weight excluding hydrogens is 273 g/mol. The summed E-state index contributed by atoms with van der Waals surface area (Å²) in [6.45, 7) is 0. The van der Waals surface area contributed by atoms with E-state index in [0.717, 1.165) is 0 Å². The SMILES string of the molecule is O=[N+]([O-])c1cc(Br)cc(C(O)CCl)c1. The Labute approximate surface area is 93.8 Å². The van der Waals surface area contributed by atoms with E-state index in [1.165, 1.54) is 12.1 Å². The molecule has 1 rings (SSSR count). The average molecular weight is 281 g/mol. The number of aliphatic hydroxyl groups is 1. The molecule has 6 heteroatoms. The maximum Gasteiger partial charge on any atom is 0.270 e. The van der Waals surface area contributed by atoms with E-state index in [1.807, 2.05) is 0 Å². The van der Waals surface area contributed by atoms with Crippen LogP contribution in [0, 0.1) is 10.1 Å². The number of aliphatic hydroxyl groups excluding tert-OH is 1. The normalized spacial score (nSPS) is 12.5. The molecule has 1 aromatic carbocycles. The van der Waals surface area contributed by atoms with Crippen LogP contribution in [0.3, 0.4) is 0 Å². The Balaban J connectivity index is 3.13. The summed E-state index contributed by atoms with van der Waals surface area (Å²) in [4.78, 5) is 9.97. The maximum absolute atomic E-state index is 10.5. The van der Waals surface area contributed by atoms with Gasteiger partial charge in [-0.3, -0.25) is 10.1 Å². The summed E-state index contributed by atoms with van der Waals surface area (Å²) >= 11 is 8.56. The third kappa shape index (κ3) is 2.67. The van der Waals surface area contributed by atoms with Gasteiger partial charge in [-0.15, -0.1) is 11.6 Å². The van der Waals surface area contributed by atoms with Gasteiger partial charge in [0.2, 0.25) is 0 Å². The van der Waals surface area contributed by atoms with Gasteiger partial charge in [-0.2, -0.15) is 0 Å². The van der Waals surface area contributed by atoms with Gasteiger partial charge in [0.25, 0.3) is 5.69 Å². The van der Waals surface area contributed by atoms with Crippen molar-refractivity contribution in [3.63, 3.8) is 0 Å². The zero-order chi connectivity index (χ0) is 10.7. The molecule has 0 fully saturated rings. The first-order chi connectivity index (χ1) is 6.54. The van der Waals surface area contributed by atoms with E-state index in [-0.39, 0.29) is 11.6 Å². The van der Waals surface area contributed by atoms with Gasteiger partial charge in [0.05, 0.1) is 16.9 Å². The summed E-state index contributed by atoms with van der Waals surface area (Å²) in [5.41, 5.74) is 0.361. The topological polar surface area (TPSA) is 63.4 Å². The Morgan fingerprint density at radius 1 is 1.57 bits per heavy atom. The Morgan fingerprint density at radius 3 is 2.71 bits per heavy atom. The molecule has 0 aliphatic heterocycles. The highest BCUT2D eigenvalue weighted by Crippen LogP contribution is 2.25. The molecule has 0 radical (unpaired) electrons. The number of hydrogen-bond donors (Lipinski definition) is 1. The second-order valence-electron chi connectivity index (χ2n) is 2.67. The third-order valence-corrected chi connectivity index (χ3v) is 2.40. The first-order valence-corrected chi connectivity index (χ1v) is 5.06. The van der Waals surface area contributed by atoms with E-state index in [9.17, 15) is 15.2 Å². The predicted molar refractivity (Wildman–Crippen MR) is 56.5 cm³/mol. The van der Waals surface area contributed by atoms with Gasteiger partial charge in [0.1, 0.15) is 0 Å². The number of nitro benzene ring substituents is 1. The molecule has 0 saturated carbocycles. The van der Waals surface area contributed by atoms with Crippen LogP contribution in [-0.4, -0.2) is 15.9 Å². The molecular formula is C8H7BrClNO3. The first kappa shape index (κ1) is 11.4. The number of alkyl halides is 1. The zero-order valence-corrected chi connectivity index (χ0v) is 9.33. The van der Waals surface area contributed by atoms with E-state index in [2.05, 4.69) is 15.9 Å². The zero-order valence-electron chi connectivity index (χ0n) is 6.98. The van der Waals surface area contributed by atoms with Crippen LogP contribution in [0.4, 0.5) is 5.69 Å². The van der Waals surface area contributed by atoms with Crippen molar-refractivity contribution in [2.75, 3.05) is 5.88 Å². The van der Waals surface area contributed by atoms with E-state index in [1.54, 1.807) is 6.07 Å². The second-order valence-corrected chi connectivity index (χ2v) is 3.89. The molecule has 0 aliphatic carbocycles. The minimum atomic E-state index is -0.882. The summed E-state index contributed by atoms with van der Waals surface area (Å²) < 4.78 is 0.547. The Hall–Kier alpha value is -0.650. The highest BCUT2D eigenvalue weighted by Gasteiger charge is 2.13. The molecule has 4 nitrogen and oxygen atoms in total. The van der Waals surface area contributed by atoms with Gasteiger partial charge in [0, 0.05) is 16.6 Å². The molecule has 0 aliphatic rings. The molecule has 0 amide bonds. The summed E-state index contributed by atoms with van der Waals surface area (Å²) in [5.74, 6) is 0.00755. The molecule has 1 N–H and O–H groups in total. The molecule has 1 aromatic rings. The van der Waals surface area contributed by atoms with Gasteiger partial charge >= 0.3 is 0 Å².